The lowest BCUT2D eigenvalue weighted by molar-refractivity contribution is 0.100. The van der Waals surface area contributed by atoms with Crippen LogP contribution in [-0.2, 0) is 0 Å². The van der Waals surface area contributed by atoms with Crippen LogP contribution >= 0.6 is 0 Å². The first-order chi connectivity index (χ1) is 5.88. The number of aromatic nitrogens is 2. The van der Waals surface area contributed by atoms with E-state index in [4.69, 9.17) is 4.74 Å². The van der Waals surface area contributed by atoms with Gasteiger partial charge in [-0.1, -0.05) is 0 Å². The fraction of sp³-hybridized carbons (Fsp3) is 0.143. The highest BCUT2D eigenvalue weighted by Crippen LogP contribution is 2.15. The second-order valence-electron chi connectivity index (χ2n) is 2.17. The topological polar surface area (TPSA) is 64.4 Å². The van der Waals surface area contributed by atoms with Crippen molar-refractivity contribution in [3.8, 4) is 5.88 Å². The third-order valence-corrected chi connectivity index (χ3v) is 1.41. The van der Waals surface area contributed by atoms with E-state index in [1.165, 1.54) is 18.7 Å². The van der Waals surface area contributed by atoms with E-state index in [1.807, 2.05) is 0 Å². The van der Waals surface area contributed by atoms with Crippen molar-refractivity contribution < 1.29 is 9.53 Å². The summed E-state index contributed by atoms with van der Waals surface area (Å²) in [6, 6.07) is 0. The lowest BCUT2D eigenvalue weighted by atomic mass is 10.3. The molecule has 0 N–H and O–H groups in total. The second-order valence-corrected chi connectivity index (χ2v) is 2.17. The summed E-state index contributed by atoms with van der Waals surface area (Å²) >= 11 is 0. The Hall–Kier alpha value is -1.78. The van der Waals surface area contributed by atoms with E-state index in [1.54, 1.807) is 0 Å². The van der Waals surface area contributed by atoms with Gasteiger partial charge in [0.15, 0.2) is 0 Å². The van der Waals surface area contributed by atoms with Crippen LogP contribution < -0.4 is 4.74 Å². The number of aliphatic imine (C=N–C) groups is 1. The molecule has 1 aromatic heterocycles. The molecule has 0 fully saturated rings. The van der Waals surface area contributed by atoms with Gasteiger partial charge in [-0.3, -0.25) is 4.79 Å². The maximum absolute atomic E-state index is 11.1. The Bertz CT molecular complexity index is 348. The van der Waals surface area contributed by atoms with Crippen molar-refractivity contribution in [3.05, 3.63) is 18.1 Å². The van der Waals surface area contributed by atoms with Crippen LogP contribution in [-0.4, -0.2) is 28.7 Å². The first kappa shape index (κ1) is 6.90. The third-order valence-electron chi connectivity index (χ3n) is 1.41. The molecular weight excluding hydrogens is 158 g/mol. The van der Waals surface area contributed by atoms with Crippen molar-refractivity contribution in [2.24, 2.45) is 4.99 Å². The number of ether oxygens (including phenoxy) is 1. The van der Waals surface area contributed by atoms with E-state index in [9.17, 15) is 4.79 Å². The minimum Gasteiger partial charge on any atom is -0.471 e. The summed E-state index contributed by atoms with van der Waals surface area (Å²) < 4.78 is 5.10. The monoisotopic (exact) mass is 163 g/mol. The number of hydrogen-bond acceptors (Lipinski definition) is 4. The summed E-state index contributed by atoms with van der Waals surface area (Å²) in [6.07, 6.45) is 4.13. The molecular formula is C7H5N3O2. The van der Waals surface area contributed by atoms with E-state index in [0.29, 0.717) is 11.4 Å². The smallest absolute Gasteiger partial charge is 0.283 e. The molecule has 1 aliphatic heterocycles. The first-order valence-corrected chi connectivity index (χ1v) is 3.37. The summed E-state index contributed by atoms with van der Waals surface area (Å²) in [7, 11) is 0. The fourth-order valence-electron chi connectivity index (χ4n) is 0.886. The van der Waals surface area contributed by atoms with Crippen molar-refractivity contribution in [1.29, 1.82) is 0 Å². The minimum absolute atomic E-state index is 0.274. The number of hydrogen-bond donors (Lipinski definition) is 0. The molecule has 0 aromatic carbocycles. The third kappa shape index (κ3) is 1.05. The number of nitrogens with zero attached hydrogens (tertiary/aromatic N) is 3. The minimum atomic E-state index is -0.358. The normalized spacial score (nSPS) is 14.8. The molecule has 60 valence electrons. The molecule has 0 saturated heterocycles. The molecule has 0 saturated carbocycles. The maximum Gasteiger partial charge on any atom is 0.283 e. The zero-order valence-corrected chi connectivity index (χ0v) is 6.10. The fourth-order valence-corrected chi connectivity index (χ4v) is 0.886. The van der Waals surface area contributed by atoms with Gasteiger partial charge in [0.05, 0.1) is 0 Å². The van der Waals surface area contributed by atoms with E-state index in [2.05, 4.69) is 15.0 Å². The van der Waals surface area contributed by atoms with Crippen LogP contribution in [0.1, 0.15) is 10.4 Å². The molecule has 5 nitrogen and oxygen atoms in total. The molecule has 0 unspecified atom stereocenters. The van der Waals surface area contributed by atoms with Gasteiger partial charge in [-0.25, -0.2) is 15.0 Å². The molecule has 0 radical (unpaired) electrons. The van der Waals surface area contributed by atoms with Crippen LogP contribution in [0.5, 0.6) is 5.88 Å². The maximum atomic E-state index is 11.1. The van der Waals surface area contributed by atoms with Crippen LogP contribution in [0, 0.1) is 0 Å². The average molecular weight is 163 g/mol. The molecule has 0 atom stereocenters. The quantitative estimate of drug-likeness (QED) is 0.543. The van der Waals surface area contributed by atoms with Crippen molar-refractivity contribution in [1.82, 2.24) is 9.97 Å². The summed E-state index contributed by atoms with van der Waals surface area (Å²) in [5, 5.41) is 0. The molecule has 0 spiro atoms. The number of amides is 1. The van der Waals surface area contributed by atoms with Gasteiger partial charge in [0, 0.05) is 12.4 Å². The Balaban J connectivity index is 2.53. The standard InChI is InChI=1S/C7H5N3O2/c11-6-5-3-8-4-10-7(5)12-2-1-9-6/h1,3-4H,2H2. The van der Waals surface area contributed by atoms with Gasteiger partial charge in [-0.15, -0.1) is 0 Å². The summed E-state index contributed by atoms with van der Waals surface area (Å²) in [5.41, 5.74) is 0.311. The van der Waals surface area contributed by atoms with Crippen molar-refractivity contribution in [3.63, 3.8) is 0 Å². The van der Waals surface area contributed by atoms with Crippen LogP contribution in [0.4, 0.5) is 0 Å². The van der Waals surface area contributed by atoms with Crippen LogP contribution in [0.3, 0.4) is 0 Å². The molecule has 2 rings (SSSR count). The Morgan fingerprint density at radius 1 is 1.50 bits per heavy atom. The first-order valence-electron chi connectivity index (χ1n) is 3.37. The van der Waals surface area contributed by atoms with Crippen molar-refractivity contribution in [2.75, 3.05) is 6.61 Å². The second kappa shape index (κ2) is 2.69. The van der Waals surface area contributed by atoms with Gasteiger partial charge in [0.1, 0.15) is 18.5 Å². The molecule has 0 bridgehead atoms. The molecule has 12 heavy (non-hydrogen) atoms. The summed E-state index contributed by atoms with van der Waals surface area (Å²) in [6.45, 7) is 0.274. The van der Waals surface area contributed by atoms with Gasteiger partial charge in [-0.05, 0) is 0 Å². The average Bonchev–Trinajstić information content (AvgIpc) is 2.29. The van der Waals surface area contributed by atoms with Gasteiger partial charge < -0.3 is 4.74 Å². The molecule has 1 amide bonds. The van der Waals surface area contributed by atoms with Crippen LogP contribution in [0.2, 0.25) is 0 Å². The largest absolute Gasteiger partial charge is 0.471 e. The van der Waals surface area contributed by atoms with Gasteiger partial charge in [-0.2, -0.15) is 0 Å². The molecule has 0 aliphatic carbocycles. The zero-order valence-electron chi connectivity index (χ0n) is 6.10. The Kier molecular flexibility index (Phi) is 1.55. The SMILES string of the molecule is O=C1N=CCOc2ncncc21. The summed E-state index contributed by atoms with van der Waals surface area (Å²) in [5.74, 6) is -0.0596. The molecule has 1 aromatic rings. The van der Waals surface area contributed by atoms with Crippen LogP contribution in [0.15, 0.2) is 17.5 Å². The number of rotatable bonds is 0. The summed E-state index contributed by atoms with van der Waals surface area (Å²) in [4.78, 5) is 22.2. The molecule has 1 aliphatic rings. The van der Waals surface area contributed by atoms with Crippen molar-refractivity contribution in [2.45, 2.75) is 0 Å². The Morgan fingerprint density at radius 2 is 2.42 bits per heavy atom. The Labute approximate surface area is 68.1 Å². The zero-order chi connectivity index (χ0) is 8.39. The lowest BCUT2D eigenvalue weighted by Crippen LogP contribution is -2.01. The van der Waals surface area contributed by atoms with Crippen molar-refractivity contribution >= 4 is 12.1 Å². The molecule has 5 heteroatoms. The van der Waals surface area contributed by atoms with E-state index in [-0.39, 0.29) is 12.5 Å². The highest BCUT2D eigenvalue weighted by Gasteiger charge is 2.14. The predicted molar refractivity (Wildman–Crippen MR) is 40.3 cm³/mol. The van der Waals surface area contributed by atoms with Gasteiger partial charge in [0.25, 0.3) is 5.91 Å². The molecule has 2 heterocycles. The van der Waals surface area contributed by atoms with Gasteiger partial charge >= 0.3 is 0 Å². The highest BCUT2D eigenvalue weighted by molar-refractivity contribution is 6.01. The number of carbonyl (C=O) groups excluding carboxylic acids is 1. The Morgan fingerprint density at radius 3 is 3.33 bits per heavy atom. The number of carbonyl (C=O) groups is 1. The van der Waals surface area contributed by atoms with Crippen LogP contribution in [0.25, 0.3) is 0 Å². The lowest BCUT2D eigenvalue weighted by Gasteiger charge is -2.00. The van der Waals surface area contributed by atoms with Gasteiger partial charge in [0.2, 0.25) is 5.88 Å². The van der Waals surface area contributed by atoms with E-state index < -0.39 is 0 Å². The highest BCUT2D eigenvalue weighted by atomic mass is 16.5. The van der Waals surface area contributed by atoms with E-state index in [0.717, 1.165) is 0 Å². The van der Waals surface area contributed by atoms with E-state index >= 15 is 0 Å². The predicted octanol–water partition coefficient (Wildman–Crippen LogP) is 0.0800. The number of fused-ring (bicyclic) bond motifs is 1.